The number of hydrogen-bond donors (Lipinski definition) is 1. The third kappa shape index (κ3) is 8.22. The summed E-state index contributed by atoms with van der Waals surface area (Å²) in [7, 11) is -4.22. The van der Waals surface area contributed by atoms with Crippen LogP contribution in [0.2, 0.25) is 10.0 Å². The Kier molecular flexibility index (Phi) is 10.3. The lowest BCUT2D eigenvalue weighted by Crippen LogP contribution is -2.55. The van der Waals surface area contributed by atoms with E-state index in [1.807, 2.05) is 65.0 Å². The van der Waals surface area contributed by atoms with Crippen molar-refractivity contribution in [2.45, 2.75) is 64.1 Å². The summed E-state index contributed by atoms with van der Waals surface area (Å²) >= 11 is 12.5. The Bertz CT molecular complexity index is 1420. The van der Waals surface area contributed by atoms with Gasteiger partial charge >= 0.3 is 0 Å². The molecule has 3 rings (SSSR count). The number of halogens is 2. The van der Waals surface area contributed by atoms with E-state index >= 15 is 0 Å². The Morgan fingerprint density at radius 3 is 2.02 bits per heavy atom. The molecule has 0 heterocycles. The van der Waals surface area contributed by atoms with Crippen LogP contribution in [0.15, 0.2) is 77.7 Å². The predicted octanol–water partition coefficient (Wildman–Crippen LogP) is 6.22. The second kappa shape index (κ2) is 13.1. The number of carbonyl (C=O) groups excluding carboxylic acids is 2. The van der Waals surface area contributed by atoms with E-state index in [0.717, 1.165) is 15.4 Å². The van der Waals surface area contributed by atoms with Gasteiger partial charge in [0.2, 0.25) is 11.8 Å². The van der Waals surface area contributed by atoms with E-state index in [1.54, 1.807) is 12.1 Å². The van der Waals surface area contributed by atoms with E-state index in [4.69, 9.17) is 23.2 Å². The molecule has 0 saturated carbocycles. The number of carbonyl (C=O) groups is 2. The van der Waals surface area contributed by atoms with Crippen LogP contribution in [0.5, 0.6) is 0 Å². The predicted molar refractivity (Wildman–Crippen MR) is 161 cm³/mol. The van der Waals surface area contributed by atoms with Gasteiger partial charge in [-0.3, -0.25) is 13.9 Å². The minimum absolute atomic E-state index is 0.00845. The van der Waals surface area contributed by atoms with Gasteiger partial charge in [-0.1, -0.05) is 78.2 Å². The van der Waals surface area contributed by atoms with Crippen molar-refractivity contribution in [1.29, 1.82) is 0 Å². The van der Waals surface area contributed by atoms with Gasteiger partial charge < -0.3 is 10.2 Å². The molecule has 0 radical (unpaired) electrons. The first-order valence-corrected chi connectivity index (χ1v) is 15.1. The van der Waals surface area contributed by atoms with Crippen LogP contribution >= 0.6 is 23.2 Å². The molecule has 40 heavy (non-hydrogen) atoms. The molecule has 0 saturated heterocycles. The molecule has 0 aliphatic carbocycles. The molecule has 0 aliphatic heterocycles. The van der Waals surface area contributed by atoms with Gasteiger partial charge in [-0.25, -0.2) is 8.42 Å². The molecule has 0 spiro atoms. The molecule has 3 aromatic rings. The summed E-state index contributed by atoms with van der Waals surface area (Å²) in [5.41, 5.74) is 1.30. The van der Waals surface area contributed by atoms with Gasteiger partial charge in [-0.05, 0) is 70.0 Å². The van der Waals surface area contributed by atoms with Crippen LogP contribution in [0, 0.1) is 6.92 Å². The van der Waals surface area contributed by atoms with Crippen molar-refractivity contribution in [3.63, 3.8) is 0 Å². The molecule has 214 valence electrons. The standard InChI is InChI=1S/C30H35Cl2N3O4S/c1-6-27(29(37)33-30(3,4)5)34(19-22-10-8-7-9-11-22)28(36)20-35(25-17-23(31)16-24(32)18-25)40(38,39)26-14-12-21(2)13-15-26/h7-18,27H,6,19-20H2,1-5H3,(H,33,37)/t27-/m1/s1. The molecule has 1 N–H and O–H groups in total. The minimum atomic E-state index is -4.22. The lowest BCUT2D eigenvalue weighted by Gasteiger charge is -2.34. The Balaban J connectivity index is 2.09. The number of sulfonamides is 1. The van der Waals surface area contributed by atoms with Crippen molar-refractivity contribution in [3.05, 3.63) is 94.0 Å². The SMILES string of the molecule is CC[C@H](C(=O)NC(C)(C)C)N(Cc1ccccc1)C(=O)CN(c1cc(Cl)cc(Cl)c1)S(=O)(=O)c1ccc(C)cc1. The molecule has 10 heteroatoms. The van der Waals surface area contributed by atoms with Crippen LogP contribution in [-0.4, -0.2) is 43.3 Å². The number of hydrogen-bond acceptors (Lipinski definition) is 4. The van der Waals surface area contributed by atoms with Crippen LogP contribution < -0.4 is 9.62 Å². The molecule has 3 aromatic carbocycles. The van der Waals surface area contributed by atoms with Crippen molar-refractivity contribution in [3.8, 4) is 0 Å². The zero-order chi connectivity index (χ0) is 29.7. The molecule has 0 aromatic heterocycles. The van der Waals surface area contributed by atoms with Crippen molar-refractivity contribution in [2.75, 3.05) is 10.8 Å². The maximum Gasteiger partial charge on any atom is 0.264 e. The highest BCUT2D eigenvalue weighted by molar-refractivity contribution is 7.92. The van der Waals surface area contributed by atoms with E-state index in [0.29, 0.717) is 6.42 Å². The van der Waals surface area contributed by atoms with Crippen molar-refractivity contribution < 1.29 is 18.0 Å². The third-order valence-corrected chi connectivity index (χ3v) is 8.33. The number of rotatable bonds is 10. The van der Waals surface area contributed by atoms with Crippen molar-refractivity contribution >= 4 is 50.7 Å². The fourth-order valence-electron chi connectivity index (χ4n) is 4.20. The van der Waals surface area contributed by atoms with Crippen LogP contribution in [0.1, 0.15) is 45.2 Å². The molecular weight excluding hydrogens is 569 g/mol. The number of nitrogens with zero attached hydrogens (tertiary/aromatic N) is 2. The number of amides is 2. The molecular formula is C30H35Cl2N3O4S. The summed E-state index contributed by atoms with van der Waals surface area (Å²) in [6, 6.07) is 19.1. The first kappa shape index (κ1) is 31.5. The average Bonchev–Trinajstić information content (AvgIpc) is 2.86. The van der Waals surface area contributed by atoms with Crippen LogP contribution in [0.3, 0.4) is 0 Å². The van der Waals surface area contributed by atoms with E-state index in [2.05, 4.69) is 5.32 Å². The second-order valence-electron chi connectivity index (χ2n) is 10.6. The lowest BCUT2D eigenvalue weighted by atomic mass is 10.1. The van der Waals surface area contributed by atoms with Crippen molar-refractivity contribution in [2.24, 2.45) is 0 Å². The van der Waals surface area contributed by atoms with Gasteiger partial charge in [-0.2, -0.15) is 0 Å². The zero-order valence-corrected chi connectivity index (χ0v) is 25.6. The van der Waals surface area contributed by atoms with Gasteiger partial charge in [0.25, 0.3) is 10.0 Å². The molecule has 0 aliphatic rings. The summed E-state index contributed by atoms with van der Waals surface area (Å²) in [5.74, 6) is -0.871. The first-order chi connectivity index (χ1) is 18.7. The third-order valence-electron chi connectivity index (χ3n) is 6.10. The van der Waals surface area contributed by atoms with Crippen LogP contribution in [0.4, 0.5) is 5.69 Å². The van der Waals surface area contributed by atoms with Gasteiger partial charge in [0.1, 0.15) is 12.6 Å². The zero-order valence-electron chi connectivity index (χ0n) is 23.3. The number of nitrogens with one attached hydrogen (secondary N) is 1. The fourth-order valence-corrected chi connectivity index (χ4v) is 6.11. The lowest BCUT2D eigenvalue weighted by molar-refractivity contribution is -0.141. The Morgan fingerprint density at radius 2 is 1.50 bits per heavy atom. The highest BCUT2D eigenvalue weighted by Crippen LogP contribution is 2.30. The molecule has 1 atom stereocenters. The van der Waals surface area contributed by atoms with E-state index in [9.17, 15) is 18.0 Å². The Hall–Kier alpha value is -3.07. The quantitative estimate of drug-likeness (QED) is 0.298. The monoisotopic (exact) mass is 603 g/mol. The number of benzene rings is 3. The molecule has 0 fully saturated rings. The summed E-state index contributed by atoms with van der Waals surface area (Å²) in [6.45, 7) is 8.79. The largest absolute Gasteiger partial charge is 0.350 e. The van der Waals surface area contributed by atoms with Crippen molar-refractivity contribution in [1.82, 2.24) is 10.2 Å². The number of anilines is 1. The van der Waals surface area contributed by atoms with Gasteiger partial charge in [0, 0.05) is 22.1 Å². The maximum absolute atomic E-state index is 14.1. The second-order valence-corrected chi connectivity index (χ2v) is 13.4. The average molecular weight is 605 g/mol. The summed E-state index contributed by atoms with van der Waals surface area (Å²) in [6.07, 6.45) is 0.328. The normalized spacial score (nSPS) is 12.5. The number of aryl methyl sites for hydroxylation is 1. The first-order valence-electron chi connectivity index (χ1n) is 12.9. The van der Waals surface area contributed by atoms with Crippen LogP contribution in [-0.2, 0) is 26.2 Å². The Morgan fingerprint density at radius 1 is 0.925 bits per heavy atom. The fraction of sp³-hybridized carbons (Fsp3) is 0.333. The van der Waals surface area contributed by atoms with Gasteiger partial charge in [-0.15, -0.1) is 0 Å². The highest BCUT2D eigenvalue weighted by Gasteiger charge is 2.34. The molecule has 0 bridgehead atoms. The van der Waals surface area contributed by atoms with Crippen LogP contribution in [0.25, 0.3) is 0 Å². The molecule has 7 nitrogen and oxygen atoms in total. The maximum atomic E-state index is 14.1. The van der Waals surface area contributed by atoms with Gasteiger partial charge in [0.15, 0.2) is 0 Å². The summed E-state index contributed by atoms with van der Waals surface area (Å²) < 4.78 is 28.9. The van der Waals surface area contributed by atoms with E-state index in [1.165, 1.54) is 35.2 Å². The summed E-state index contributed by atoms with van der Waals surface area (Å²) in [5, 5.41) is 3.39. The smallest absolute Gasteiger partial charge is 0.264 e. The summed E-state index contributed by atoms with van der Waals surface area (Å²) in [4.78, 5) is 28.9. The van der Waals surface area contributed by atoms with Gasteiger partial charge in [0.05, 0.1) is 10.6 Å². The minimum Gasteiger partial charge on any atom is -0.350 e. The molecule has 2 amide bonds. The van der Waals surface area contributed by atoms with E-state index in [-0.39, 0.29) is 33.1 Å². The Labute approximate surface area is 247 Å². The molecule has 0 unspecified atom stereocenters. The van der Waals surface area contributed by atoms with E-state index < -0.39 is 34.1 Å². The topological polar surface area (TPSA) is 86.8 Å². The highest BCUT2D eigenvalue weighted by atomic mass is 35.5.